The van der Waals surface area contributed by atoms with Crippen molar-refractivity contribution in [3.05, 3.63) is 34.6 Å². The summed E-state index contributed by atoms with van der Waals surface area (Å²) < 4.78 is 13.0. The van der Waals surface area contributed by atoms with Gasteiger partial charge < -0.3 is 10.6 Å². The molecule has 4 heteroatoms. The predicted molar refractivity (Wildman–Crippen MR) is 73.4 cm³/mol. The summed E-state index contributed by atoms with van der Waals surface area (Å²) in [6, 6.07) is 5.97. The lowest BCUT2D eigenvalue weighted by molar-refractivity contribution is 0.440. The van der Waals surface area contributed by atoms with Crippen LogP contribution in [0.1, 0.15) is 31.7 Å². The van der Waals surface area contributed by atoms with Crippen LogP contribution in [0.4, 0.5) is 4.39 Å². The van der Waals surface area contributed by atoms with Gasteiger partial charge in [-0.1, -0.05) is 17.7 Å². The fourth-order valence-electron chi connectivity index (χ4n) is 2.41. The number of nitrogens with one attached hydrogen (secondary N) is 2. The SMILES string of the molecule is CC(CC1CCCN1)NCc1ccc(F)c(Cl)c1. The molecule has 1 saturated heterocycles. The number of halogens is 2. The molecule has 1 aromatic carbocycles. The third-order valence-electron chi connectivity index (χ3n) is 3.44. The molecule has 2 atom stereocenters. The lowest BCUT2D eigenvalue weighted by Gasteiger charge is -2.18. The van der Waals surface area contributed by atoms with Gasteiger partial charge in [-0.2, -0.15) is 0 Å². The topological polar surface area (TPSA) is 24.1 Å². The molecule has 0 radical (unpaired) electrons. The number of hydrogen-bond donors (Lipinski definition) is 2. The van der Waals surface area contributed by atoms with Crippen molar-refractivity contribution in [1.29, 1.82) is 0 Å². The Morgan fingerprint density at radius 3 is 3.06 bits per heavy atom. The van der Waals surface area contributed by atoms with Crippen molar-refractivity contribution in [1.82, 2.24) is 10.6 Å². The van der Waals surface area contributed by atoms with Crippen LogP contribution >= 0.6 is 11.6 Å². The maximum Gasteiger partial charge on any atom is 0.141 e. The molecule has 1 aliphatic rings. The second-order valence-electron chi connectivity index (χ2n) is 5.06. The van der Waals surface area contributed by atoms with Crippen molar-refractivity contribution in [2.24, 2.45) is 0 Å². The Labute approximate surface area is 113 Å². The number of benzene rings is 1. The van der Waals surface area contributed by atoms with E-state index in [4.69, 9.17) is 11.6 Å². The van der Waals surface area contributed by atoms with E-state index in [-0.39, 0.29) is 10.8 Å². The van der Waals surface area contributed by atoms with E-state index in [0.717, 1.165) is 25.1 Å². The Kier molecular flexibility index (Phi) is 4.98. The zero-order valence-corrected chi connectivity index (χ0v) is 11.4. The summed E-state index contributed by atoms with van der Waals surface area (Å²) >= 11 is 5.75. The Balaban J connectivity index is 1.77. The molecule has 2 rings (SSSR count). The van der Waals surface area contributed by atoms with Gasteiger partial charge in [-0.15, -0.1) is 0 Å². The standard InChI is InChI=1S/C14H20ClFN2/c1-10(7-12-3-2-6-17-12)18-9-11-4-5-14(16)13(15)8-11/h4-5,8,10,12,17-18H,2-3,6-7,9H2,1H3. The Hall–Kier alpha value is -0.640. The van der Waals surface area contributed by atoms with Gasteiger partial charge in [0.1, 0.15) is 5.82 Å². The molecule has 0 bridgehead atoms. The van der Waals surface area contributed by atoms with Crippen molar-refractivity contribution in [2.45, 2.75) is 44.8 Å². The second kappa shape index (κ2) is 6.50. The summed E-state index contributed by atoms with van der Waals surface area (Å²) in [5, 5.41) is 7.14. The van der Waals surface area contributed by atoms with Gasteiger partial charge >= 0.3 is 0 Å². The summed E-state index contributed by atoms with van der Waals surface area (Å²) in [4.78, 5) is 0. The van der Waals surface area contributed by atoms with Crippen LogP contribution in [-0.2, 0) is 6.54 Å². The van der Waals surface area contributed by atoms with Gasteiger partial charge in [0, 0.05) is 18.6 Å². The van der Waals surface area contributed by atoms with E-state index in [2.05, 4.69) is 17.6 Å². The van der Waals surface area contributed by atoms with Crippen LogP contribution < -0.4 is 10.6 Å². The van der Waals surface area contributed by atoms with Crippen LogP contribution in [0.5, 0.6) is 0 Å². The first kappa shape index (κ1) is 13.8. The number of hydrogen-bond acceptors (Lipinski definition) is 2. The summed E-state index contributed by atoms with van der Waals surface area (Å²) in [5.74, 6) is -0.358. The smallest absolute Gasteiger partial charge is 0.141 e. The predicted octanol–water partition coefficient (Wildman–Crippen LogP) is 3.10. The highest BCUT2D eigenvalue weighted by Gasteiger charge is 2.16. The van der Waals surface area contributed by atoms with Crippen LogP contribution in [0, 0.1) is 5.82 Å². The van der Waals surface area contributed by atoms with Gasteiger partial charge in [0.25, 0.3) is 0 Å². The summed E-state index contributed by atoms with van der Waals surface area (Å²) in [6.07, 6.45) is 3.69. The molecular weight excluding hydrogens is 251 g/mol. The highest BCUT2D eigenvalue weighted by atomic mass is 35.5. The molecule has 2 nitrogen and oxygen atoms in total. The van der Waals surface area contributed by atoms with E-state index in [1.165, 1.54) is 18.9 Å². The van der Waals surface area contributed by atoms with E-state index >= 15 is 0 Å². The van der Waals surface area contributed by atoms with E-state index in [1.807, 2.05) is 0 Å². The fraction of sp³-hybridized carbons (Fsp3) is 0.571. The third-order valence-corrected chi connectivity index (χ3v) is 3.73. The minimum absolute atomic E-state index is 0.194. The molecule has 0 aromatic heterocycles. The van der Waals surface area contributed by atoms with E-state index in [9.17, 15) is 4.39 Å². The summed E-state index contributed by atoms with van der Waals surface area (Å²) in [7, 11) is 0. The van der Waals surface area contributed by atoms with Crippen LogP contribution in [0.3, 0.4) is 0 Å². The Bertz CT molecular complexity index is 391. The average Bonchev–Trinajstić information content (AvgIpc) is 2.83. The van der Waals surface area contributed by atoms with Crippen molar-refractivity contribution in [3.63, 3.8) is 0 Å². The molecular formula is C14H20ClFN2. The maximum atomic E-state index is 13.0. The van der Waals surface area contributed by atoms with E-state index < -0.39 is 0 Å². The van der Waals surface area contributed by atoms with Crippen molar-refractivity contribution < 1.29 is 4.39 Å². The van der Waals surface area contributed by atoms with Crippen LogP contribution in [0.2, 0.25) is 5.02 Å². The summed E-state index contributed by atoms with van der Waals surface area (Å²) in [6.45, 7) is 4.06. The quantitative estimate of drug-likeness (QED) is 0.859. The lowest BCUT2D eigenvalue weighted by Crippen LogP contribution is -2.33. The van der Waals surface area contributed by atoms with Gasteiger partial charge in [0.05, 0.1) is 5.02 Å². The highest BCUT2D eigenvalue weighted by molar-refractivity contribution is 6.30. The maximum absolute atomic E-state index is 13.0. The summed E-state index contributed by atoms with van der Waals surface area (Å²) in [5.41, 5.74) is 1.02. The van der Waals surface area contributed by atoms with Gasteiger partial charge in [-0.05, 0) is 50.4 Å². The van der Waals surface area contributed by atoms with Crippen molar-refractivity contribution in [3.8, 4) is 0 Å². The minimum atomic E-state index is -0.358. The lowest BCUT2D eigenvalue weighted by atomic mass is 10.1. The normalized spacial score (nSPS) is 21.2. The molecule has 1 heterocycles. The largest absolute Gasteiger partial charge is 0.314 e. The molecule has 2 N–H and O–H groups in total. The molecule has 100 valence electrons. The first-order valence-corrected chi connectivity index (χ1v) is 6.93. The highest BCUT2D eigenvalue weighted by Crippen LogP contribution is 2.16. The zero-order chi connectivity index (χ0) is 13.0. The minimum Gasteiger partial charge on any atom is -0.314 e. The van der Waals surface area contributed by atoms with Crippen LogP contribution in [0.25, 0.3) is 0 Å². The van der Waals surface area contributed by atoms with Crippen molar-refractivity contribution in [2.75, 3.05) is 6.54 Å². The van der Waals surface area contributed by atoms with Crippen LogP contribution in [-0.4, -0.2) is 18.6 Å². The molecule has 1 fully saturated rings. The molecule has 1 aromatic rings. The van der Waals surface area contributed by atoms with Gasteiger partial charge in [0.2, 0.25) is 0 Å². The molecule has 0 amide bonds. The number of rotatable bonds is 5. The Morgan fingerprint density at radius 2 is 2.39 bits per heavy atom. The van der Waals surface area contributed by atoms with E-state index in [0.29, 0.717) is 12.1 Å². The van der Waals surface area contributed by atoms with Gasteiger partial charge in [-0.25, -0.2) is 4.39 Å². The average molecular weight is 271 g/mol. The molecule has 2 unspecified atom stereocenters. The first-order valence-electron chi connectivity index (χ1n) is 6.56. The van der Waals surface area contributed by atoms with Crippen LogP contribution in [0.15, 0.2) is 18.2 Å². The third kappa shape index (κ3) is 3.94. The molecule has 0 spiro atoms. The molecule has 18 heavy (non-hydrogen) atoms. The molecule has 0 aliphatic carbocycles. The molecule has 0 saturated carbocycles. The Morgan fingerprint density at radius 1 is 1.56 bits per heavy atom. The fourth-order valence-corrected chi connectivity index (χ4v) is 2.61. The van der Waals surface area contributed by atoms with Crippen molar-refractivity contribution >= 4 is 11.6 Å². The monoisotopic (exact) mass is 270 g/mol. The first-order chi connectivity index (χ1) is 8.65. The van der Waals surface area contributed by atoms with E-state index in [1.54, 1.807) is 12.1 Å². The van der Waals surface area contributed by atoms with Gasteiger partial charge in [-0.3, -0.25) is 0 Å². The van der Waals surface area contributed by atoms with Gasteiger partial charge in [0.15, 0.2) is 0 Å². The molecule has 1 aliphatic heterocycles. The zero-order valence-electron chi connectivity index (χ0n) is 10.7. The second-order valence-corrected chi connectivity index (χ2v) is 5.47.